The van der Waals surface area contributed by atoms with Gasteiger partial charge in [-0.2, -0.15) is 0 Å². The fourth-order valence-corrected chi connectivity index (χ4v) is 4.12. The van der Waals surface area contributed by atoms with Crippen LogP contribution in [0.4, 0.5) is 5.00 Å². The minimum atomic E-state index is -0.342. The van der Waals surface area contributed by atoms with Crippen molar-refractivity contribution in [2.24, 2.45) is 5.92 Å². The van der Waals surface area contributed by atoms with E-state index in [4.69, 9.17) is 16.3 Å². The summed E-state index contributed by atoms with van der Waals surface area (Å²) in [5, 5.41) is 3.43. The van der Waals surface area contributed by atoms with Crippen LogP contribution in [0, 0.1) is 5.92 Å². The van der Waals surface area contributed by atoms with E-state index < -0.39 is 0 Å². The molecule has 1 aliphatic rings. The van der Waals surface area contributed by atoms with Gasteiger partial charge in [-0.1, -0.05) is 6.92 Å². The van der Waals surface area contributed by atoms with E-state index in [9.17, 15) is 9.59 Å². The predicted octanol–water partition coefficient (Wildman–Crippen LogP) is 3.62. The van der Waals surface area contributed by atoms with Crippen molar-refractivity contribution in [3.05, 3.63) is 16.0 Å². The van der Waals surface area contributed by atoms with Gasteiger partial charge in [0.15, 0.2) is 0 Å². The first kappa shape index (κ1) is 16.3. The molecule has 1 heterocycles. The molecule has 0 fully saturated rings. The maximum Gasteiger partial charge on any atom is 0.341 e. The first-order valence-corrected chi connectivity index (χ1v) is 8.59. The highest BCUT2D eigenvalue weighted by Crippen LogP contribution is 2.40. The molecule has 0 aliphatic heterocycles. The molecule has 4 nitrogen and oxygen atoms in total. The lowest BCUT2D eigenvalue weighted by Gasteiger charge is -2.18. The third-order valence-corrected chi connectivity index (χ3v) is 4.92. The van der Waals surface area contributed by atoms with Crippen molar-refractivity contribution < 1.29 is 14.3 Å². The Morgan fingerprint density at radius 1 is 1.48 bits per heavy atom. The summed E-state index contributed by atoms with van der Waals surface area (Å²) >= 11 is 7.08. The zero-order valence-corrected chi connectivity index (χ0v) is 13.9. The Morgan fingerprint density at radius 3 is 2.90 bits per heavy atom. The van der Waals surface area contributed by atoms with Crippen molar-refractivity contribution in [2.75, 3.05) is 17.8 Å². The number of carbonyl (C=O) groups excluding carboxylic acids is 2. The van der Waals surface area contributed by atoms with E-state index in [2.05, 4.69) is 12.2 Å². The summed E-state index contributed by atoms with van der Waals surface area (Å²) in [4.78, 5) is 25.2. The van der Waals surface area contributed by atoms with Crippen LogP contribution < -0.4 is 5.32 Å². The normalized spacial score (nSPS) is 17.2. The lowest BCUT2D eigenvalue weighted by Crippen LogP contribution is -2.16. The van der Waals surface area contributed by atoms with Crippen molar-refractivity contribution in [2.45, 2.75) is 39.5 Å². The van der Waals surface area contributed by atoms with Gasteiger partial charge >= 0.3 is 5.97 Å². The summed E-state index contributed by atoms with van der Waals surface area (Å²) in [7, 11) is 0. The van der Waals surface area contributed by atoms with Gasteiger partial charge in [0, 0.05) is 17.2 Å². The number of nitrogens with one attached hydrogen (secondary N) is 1. The predicted molar refractivity (Wildman–Crippen MR) is 85.4 cm³/mol. The Bertz CT molecular complexity index is 541. The van der Waals surface area contributed by atoms with Crippen LogP contribution in [0.3, 0.4) is 0 Å². The van der Waals surface area contributed by atoms with E-state index in [1.54, 1.807) is 6.92 Å². The fourth-order valence-electron chi connectivity index (χ4n) is 2.53. The highest BCUT2D eigenvalue weighted by Gasteiger charge is 2.28. The van der Waals surface area contributed by atoms with Gasteiger partial charge in [-0.25, -0.2) is 4.79 Å². The number of rotatable bonds is 5. The van der Waals surface area contributed by atoms with Gasteiger partial charge in [-0.05, 0) is 37.7 Å². The van der Waals surface area contributed by atoms with Crippen LogP contribution in [0.1, 0.15) is 47.5 Å². The van der Waals surface area contributed by atoms with Crippen LogP contribution in [-0.4, -0.2) is 24.4 Å². The van der Waals surface area contributed by atoms with Crippen LogP contribution in [-0.2, 0) is 22.4 Å². The third-order valence-electron chi connectivity index (χ3n) is 3.57. The number of alkyl halides is 1. The Hall–Kier alpha value is -1.07. The van der Waals surface area contributed by atoms with Crippen molar-refractivity contribution in [3.63, 3.8) is 0 Å². The van der Waals surface area contributed by atoms with Gasteiger partial charge in [0.1, 0.15) is 5.00 Å². The monoisotopic (exact) mass is 329 g/mol. The highest BCUT2D eigenvalue weighted by atomic mass is 35.5. The molecule has 0 spiro atoms. The van der Waals surface area contributed by atoms with Gasteiger partial charge in [0.05, 0.1) is 12.2 Å². The summed E-state index contributed by atoms with van der Waals surface area (Å²) in [5.41, 5.74) is 1.60. The second kappa shape index (κ2) is 7.27. The molecule has 21 heavy (non-hydrogen) atoms. The number of esters is 1. The van der Waals surface area contributed by atoms with Gasteiger partial charge < -0.3 is 10.1 Å². The molecule has 1 atom stereocenters. The highest BCUT2D eigenvalue weighted by molar-refractivity contribution is 7.17. The molecule has 1 aliphatic carbocycles. The minimum absolute atomic E-state index is 0.165. The molecule has 0 aromatic carbocycles. The largest absolute Gasteiger partial charge is 0.462 e. The van der Waals surface area contributed by atoms with E-state index in [1.807, 2.05) is 0 Å². The van der Waals surface area contributed by atoms with E-state index in [0.717, 1.165) is 24.8 Å². The number of carbonyl (C=O) groups is 2. The zero-order valence-electron chi connectivity index (χ0n) is 12.3. The molecule has 1 aromatic heterocycles. The first-order valence-electron chi connectivity index (χ1n) is 7.24. The molecule has 0 bridgehead atoms. The molecule has 116 valence electrons. The molecule has 1 amide bonds. The van der Waals surface area contributed by atoms with Crippen LogP contribution in [0.2, 0.25) is 0 Å². The summed E-state index contributed by atoms with van der Waals surface area (Å²) in [6.45, 7) is 4.32. The average Bonchev–Trinajstić information content (AvgIpc) is 2.75. The topological polar surface area (TPSA) is 55.4 Å². The van der Waals surface area contributed by atoms with E-state index in [0.29, 0.717) is 23.1 Å². The van der Waals surface area contributed by atoms with Crippen molar-refractivity contribution in [1.82, 2.24) is 0 Å². The van der Waals surface area contributed by atoms with Crippen molar-refractivity contribution in [3.8, 4) is 0 Å². The van der Waals surface area contributed by atoms with Gasteiger partial charge in [0.2, 0.25) is 5.91 Å². The van der Waals surface area contributed by atoms with E-state index in [-0.39, 0.29) is 24.2 Å². The average molecular weight is 330 g/mol. The smallest absolute Gasteiger partial charge is 0.341 e. The Balaban J connectivity index is 2.33. The van der Waals surface area contributed by atoms with Crippen LogP contribution in [0.5, 0.6) is 0 Å². The molecular weight excluding hydrogens is 310 g/mol. The molecule has 0 saturated carbocycles. The summed E-state index contributed by atoms with van der Waals surface area (Å²) in [6, 6.07) is 0. The minimum Gasteiger partial charge on any atom is -0.462 e. The second-order valence-electron chi connectivity index (χ2n) is 5.26. The number of thiophene rings is 1. The molecule has 1 aromatic rings. The summed E-state index contributed by atoms with van der Waals surface area (Å²) in [5.74, 6) is 0.369. The molecular formula is C15H20ClNO3S. The molecule has 0 saturated heterocycles. The maximum absolute atomic E-state index is 12.2. The summed E-state index contributed by atoms with van der Waals surface area (Å²) < 4.78 is 5.15. The number of halogens is 1. The van der Waals surface area contributed by atoms with E-state index in [1.165, 1.54) is 16.2 Å². The Kier molecular flexibility index (Phi) is 5.65. The number of anilines is 1. The number of hydrogen-bond acceptors (Lipinski definition) is 4. The lowest BCUT2D eigenvalue weighted by atomic mass is 9.88. The molecule has 6 heteroatoms. The Morgan fingerprint density at radius 2 is 2.24 bits per heavy atom. The zero-order chi connectivity index (χ0) is 15.4. The molecule has 0 unspecified atom stereocenters. The fraction of sp³-hybridized carbons (Fsp3) is 0.600. The molecule has 0 radical (unpaired) electrons. The van der Waals surface area contributed by atoms with E-state index >= 15 is 0 Å². The second-order valence-corrected chi connectivity index (χ2v) is 6.75. The standard InChI is InChI=1S/C15H20ClNO3S/c1-3-20-15(19)13-10-5-4-9(2)8-11(10)21-14(13)17-12(18)6-7-16/h9H,3-8H2,1-2H3,(H,17,18)/t9-/m1/s1. The summed E-state index contributed by atoms with van der Waals surface area (Å²) in [6.07, 6.45) is 3.12. The van der Waals surface area contributed by atoms with Crippen LogP contribution >= 0.6 is 22.9 Å². The number of hydrogen-bond donors (Lipinski definition) is 1. The van der Waals surface area contributed by atoms with Gasteiger partial charge in [0.25, 0.3) is 0 Å². The Labute approximate surface area is 133 Å². The maximum atomic E-state index is 12.2. The first-order chi connectivity index (χ1) is 10.1. The number of fused-ring (bicyclic) bond motifs is 1. The quantitative estimate of drug-likeness (QED) is 0.663. The lowest BCUT2D eigenvalue weighted by molar-refractivity contribution is -0.115. The molecule has 2 rings (SSSR count). The van der Waals surface area contributed by atoms with Crippen LogP contribution in [0.15, 0.2) is 0 Å². The van der Waals surface area contributed by atoms with Crippen molar-refractivity contribution >= 4 is 39.8 Å². The third kappa shape index (κ3) is 3.77. The van der Waals surface area contributed by atoms with Crippen molar-refractivity contribution in [1.29, 1.82) is 0 Å². The number of ether oxygens (including phenoxy) is 1. The molecule has 1 N–H and O–H groups in total. The SMILES string of the molecule is CCOC(=O)c1c(NC(=O)CCCl)sc2c1CC[C@@H](C)C2. The van der Waals surface area contributed by atoms with Gasteiger partial charge in [-0.3, -0.25) is 4.79 Å². The number of amides is 1. The van der Waals surface area contributed by atoms with Gasteiger partial charge in [-0.15, -0.1) is 22.9 Å². The van der Waals surface area contributed by atoms with Crippen LogP contribution in [0.25, 0.3) is 0 Å².